The van der Waals surface area contributed by atoms with Crippen LogP contribution in [0.25, 0.3) is 0 Å². The number of carbonyl (C=O) groups excluding carboxylic acids is 2. The van der Waals surface area contributed by atoms with Crippen molar-refractivity contribution in [1.29, 1.82) is 0 Å². The molecule has 0 spiro atoms. The second-order valence-corrected chi connectivity index (χ2v) is 7.14. The molecule has 0 saturated carbocycles. The summed E-state index contributed by atoms with van der Waals surface area (Å²) in [6.07, 6.45) is 1.70. The normalized spacial score (nSPS) is 11.5. The van der Waals surface area contributed by atoms with E-state index in [1.54, 1.807) is 12.1 Å². The molecule has 0 bridgehead atoms. The van der Waals surface area contributed by atoms with Gasteiger partial charge >= 0.3 is 5.97 Å². The van der Waals surface area contributed by atoms with E-state index in [0.29, 0.717) is 5.75 Å². The average Bonchev–Trinajstić information content (AvgIpc) is 2.65. The van der Waals surface area contributed by atoms with Crippen LogP contribution in [-0.2, 0) is 20.7 Å². The third-order valence-corrected chi connectivity index (χ3v) is 4.37. The van der Waals surface area contributed by atoms with Crippen LogP contribution in [0.15, 0.2) is 54.6 Å². The number of esters is 1. The van der Waals surface area contributed by atoms with Crippen molar-refractivity contribution < 1.29 is 19.1 Å². The first-order valence-electron chi connectivity index (χ1n) is 8.40. The molecular weight excluding hydrogens is 445 g/mol. The Morgan fingerprint density at radius 1 is 1.04 bits per heavy atom. The Morgan fingerprint density at radius 2 is 1.73 bits per heavy atom. The molecule has 0 aliphatic rings. The molecular formula is C20H22INO4. The number of amides is 1. The lowest BCUT2D eigenvalue weighted by molar-refractivity contribution is -0.150. The first kappa shape index (κ1) is 20.2. The number of ether oxygens (including phenoxy) is 2. The van der Waals surface area contributed by atoms with Gasteiger partial charge in [-0.2, -0.15) is 0 Å². The summed E-state index contributed by atoms with van der Waals surface area (Å²) in [5, 5.41) is 2.83. The fraction of sp³-hybridized carbons (Fsp3) is 0.300. The van der Waals surface area contributed by atoms with Crippen molar-refractivity contribution in [3.05, 3.63) is 63.7 Å². The molecule has 1 amide bonds. The topological polar surface area (TPSA) is 64.6 Å². The quantitative estimate of drug-likeness (QED) is 0.454. The van der Waals surface area contributed by atoms with Crippen LogP contribution in [0.3, 0.4) is 0 Å². The van der Waals surface area contributed by atoms with Gasteiger partial charge in [0.1, 0.15) is 5.75 Å². The van der Waals surface area contributed by atoms with E-state index in [2.05, 4.69) is 40.0 Å². The van der Waals surface area contributed by atoms with Crippen LogP contribution in [-0.4, -0.2) is 31.1 Å². The summed E-state index contributed by atoms with van der Waals surface area (Å²) in [7, 11) is 0. The highest BCUT2D eigenvalue weighted by Crippen LogP contribution is 2.13. The maximum absolute atomic E-state index is 11.9. The van der Waals surface area contributed by atoms with Crippen molar-refractivity contribution in [3.8, 4) is 5.75 Å². The Morgan fingerprint density at radius 3 is 2.42 bits per heavy atom. The molecule has 5 nitrogen and oxygen atoms in total. The van der Waals surface area contributed by atoms with Gasteiger partial charge < -0.3 is 14.8 Å². The molecule has 2 aromatic carbocycles. The van der Waals surface area contributed by atoms with Crippen LogP contribution in [0.2, 0.25) is 0 Å². The summed E-state index contributed by atoms with van der Waals surface area (Å²) < 4.78 is 11.3. The largest absolute Gasteiger partial charge is 0.482 e. The predicted octanol–water partition coefficient (Wildman–Crippen LogP) is 3.35. The van der Waals surface area contributed by atoms with Crippen molar-refractivity contribution in [2.45, 2.75) is 25.8 Å². The highest BCUT2D eigenvalue weighted by Gasteiger charge is 2.11. The summed E-state index contributed by atoms with van der Waals surface area (Å²) in [5.41, 5.74) is 1.23. The number of carbonyl (C=O) groups is 2. The third-order valence-electron chi connectivity index (χ3n) is 3.65. The van der Waals surface area contributed by atoms with Crippen LogP contribution in [0.1, 0.15) is 18.9 Å². The van der Waals surface area contributed by atoms with Gasteiger partial charge in [0.2, 0.25) is 0 Å². The number of nitrogens with one attached hydrogen (secondary N) is 1. The summed E-state index contributed by atoms with van der Waals surface area (Å²) in [6, 6.07) is 17.4. The molecule has 0 aliphatic carbocycles. The molecule has 26 heavy (non-hydrogen) atoms. The number of hydrogen-bond acceptors (Lipinski definition) is 4. The van der Waals surface area contributed by atoms with E-state index < -0.39 is 5.97 Å². The van der Waals surface area contributed by atoms with Crippen LogP contribution in [0.4, 0.5) is 0 Å². The number of halogens is 1. The third kappa shape index (κ3) is 7.86. The summed E-state index contributed by atoms with van der Waals surface area (Å²) >= 11 is 2.19. The minimum absolute atomic E-state index is 0.00412. The van der Waals surface area contributed by atoms with Gasteiger partial charge in [-0.05, 0) is 72.2 Å². The minimum Gasteiger partial charge on any atom is -0.482 e. The first-order chi connectivity index (χ1) is 12.5. The van der Waals surface area contributed by atoms with Gasteiger partial charge in [-0.25, -0.2) is 4.79 Å². The zero-order valence-corrected chi connectivity index (χ0v) is 16.8. The van der Waals surface area contributed by atoms with Gasteiger partial charge in [0.15, 0.2) is 13.2 Å². The number of hydrogen-bond donors (Lipinski definition) is 1. The standard InChI is InChI=1S/C20H22INO4/c1-15(7-8-16-5-3-2-4-6-16)22-19(23)13-26-20(24)14-25-18-11-9-17(21)10-12-18/h2-6,9-12,15H,7-8,13-14H2,1H3,(H,22,23)/t15-/m1/s1. The molecule has 2 aromatic rings. The summed E-state index contributed by atoms with van der Waals surface area (Å²) in [5.74, 6) is -0.301. The second-order valence-electron chi connectivity index (χ2n) is 5.90. The van der Waals surface area contributed by atoms with Crippen LogP contribution >= 0.6 is 22.6 Å². The molecule has 0 unspecified atom stereocenters. The van der Waals surface area contributed by atoms with Gasteiger partial charge in [0.05, 0.1) is 0 Å². The fourth-order valence-corrected chi connectivity index (χ4v) is 2.64. The molecule has 0 heterocycles. The number of benzene rings is 2. The zero-order chi connectivity index (χ0) is 18.8. The lowest BCUT2D eigenvalue weighted by Gasteiger charge is -2.14. The van der Waals surface area contributed by atoms with Gasteiger partial charge in [0, 0.05) is 9.61 Å². The lowest BCUT2D eigenvalue weighted by Crippen LogP contribution is -2.36. The number of aryl methyl sites for hydroxylation is 1. The van der Waals surface area contributed by atoms with Crippen LogP contribution in [0.5, 0.6) is 5.75 Å². The molecule has 0 aromatic heterocycles. The Balaban J connectivity index is 1.61. The molecule has 2 rings (SSSR count). The Bertz CT molecular complexity index is 704. The molecule has 6 heteroatoms. The van der Waals surface area contributed by atoms with Gasteiger partial charge in [-0.3, -0.25) is 4.79 Å². The number of rotatable bonds is 9. The van der Waals surface area contributed by atoms with Crippen LogP contribution in [0, 0.1) is 3.57 Å². The Labute approximate surface area is 167 Å². The molecule has 0 fully saturated rings. The minimum atomic E-state index is -0.573. The molecule has 1 N–H and O–H groups in total. The molecule has 0 radical (unpaired) electrons. The molecule has 0 aliphatic heterocycles. The highest BCUT2D eigenvalue weighted by molar-refractivity contribution is 14.1. The van der Waals surface area contributed by atoms with Crippen molar-refractivity contribution >= 4 is 34.5 Å². The maximum Gasteiger partial charge on any atom is 0.344 e. The second kappa shape index (κ2) is 10.8. The zero-order valence-electron chi connectivity index (χ0n) is 14.6. The van der Waals surface area contributed by atoms with Gasteiger partial charge in [-0.1, -0.05) is 30.3 Å². The predicted molar refractivity (Wildman–Crippen MR) is 108 cm³/mol. The molecule has 138 valence electrons. The van der Waals surface area contributed by atoms with Crippen molar-refractivity contribution in [3.63, 3.8) is 0 Å². The lowest BCUT2D eigenvalue weighted by atomic mass is 10.1. The SMILES string of the molecule is C[C@H](CCc1ccccc1)NC(=O)COC(=O)COc1ccc(I)cc1. The van der Waals surface area contributed by atoms with E-state index in [9.17, 15) is 9.59 Å². The van der Waals surface area contributed by atoms with Crippen molar-refractivity contribution in [2.24, 2.45) is 0 Å². The highest BCUT2D eigenvalue weighted by atomic mass is 127. The van der Waals surface area contributed by atoms with Crippen molar-refractivity contribution in [1.82, 2.24) is 5.32 Å². The maximum atomic E-state index is 11.9. The summed E-state index contributed by atoms with van der Waals surface area (Å²) in [4.78, 5) is 23.5. The first-order valence-corrected chi connectivity index (χ1v) is 9.48. The Kier molecular flexibility index (Phi) is 8.40. The van der Waals surface area contributed by atoms with E-state index in [0.717, 1.165) is 16.4 Å². The van der Waals surface area contributed by atoms with E-state index in [1.165, 1.54) is 5.56 Å². The Hall–Kier alpha value is -2.09. The van der Waals surface area contributed by atoms with Gasteiger partial charge in [-0.15, -0.1) is 0 Å². The fourth-order valence-electron chi connectivity index (χ4n) is 2.28. The molecule has 1 atom stereocenters. The molecule has 0 saturated heterocycles. The van der Waals surface area contributed by atoms with Crippen LogP contribution < -0.4 is 10.1 Å². The average molecular weight is 467 g/mol. The van der Waals surface area contributed by atoms with E-state index in [1.807, 2.05) is 37.3 Å². The summed E-state index contributed by atoms with van der Waals surface area (Å²) in [6.45, 7) is 1.41. The van der Waals surface area contributed by atoms with E-state index in [-0.39, 0.29) is 25.2 Å². The monoisotopic (exact) mass is 467 g/mol. The van der Waals surface area contributed by atoms with Gasteiger partial charge in [0.25, 0.3) is 5.91 Å². The van der Waals surface area contributed by atoms with E-state index >= 15 is 0 Å². The van der Waals surface area contributed by atoms with E-state index in [4.69, 9.17) is 9.47 Å². The smallest absolute Gasteiger partial charge is 0.344 e. The van der Waals surface area contributed by atoms with Crippen molar-refractivity contribution in [2.75, 3.05) is 13.2 Å².